The van der Waals surface area contributed by atoms with Crippen LogP contribution in [0.2, 0.25) is 0 Å². The second-order valence-corrected chi connectivity index (χ2v) is 7.50. The minimum absolute atomic E-state index is 0.0989. The van der Waals surface area contributed by atoms with Crippen LogP contribution in [0.1, 0.15) is 23.8 Å². The molecular weight excluding hydrogens is 274 g/mol. The van der Waals surface area contributed by atoms with Crippen LogP contribution in [0.4, 0.5) is 0 Å². The van der Waals surface area contributed by atoms with Crippen LogP contribution < -0.4 is 4.72 Å². The van der Waals surface area contributed by atoms with Crippen molar-refractivity contribution in [2.45, 2.75) is 43.2 Å². The van der Waals surface area contributed by atoms with Crippen LogP contribution in [0.15, 0.2) is 10.3 Å². The average molecular weight is 291 g/mol. The maximum Gasteiger partial charge on any atom is 0.250 e. The monoisotopic (exact) mass is 291 g/mol. The molecule has 1 saturated heterocycles. The molecule has 0 amide bonds. The number of aliphatic hydroxyl groups excluding tert-OH is 1. The van der Waals surface area contributed by atoms with Gasteiger partial charge in [0.15, 0.2) is 0 Å². The number of sulfonamides is 1. The highest BCUT2D eigenvalue weighted by atomic mass is 32.2. The fourth-order valence-corrected chi connectivity index (χ4v) is 4.73. The average Bonchev–Trinajstić information content (AvgIpc) is 2.86. The van der Waals surface area contributed by atoms with E-state index in [-0.39, 0.29) is 23.0 Å². The zero-order valence-electron chi connectivity index (χ0n) is 10.3. The van der Waals surface area contributed by atoms with E-state index >= 15 is 0 Å². The van der Waals surface area contributed by atoms with Crippen LogP contribution in [0.25, 0.3) is 0 Å². The summed E-state index contributed by atoms with van der Waals surface area (Å²) in [5.74, 6) is 0. The van der Waals surface area contributed by atoms with Gasteiger partial charge in [-0.1, -0.05) is 0 Å². The molecule has 1 aliphatic rings. The maximum atomic E-state index is 12.2. The van der Waals surface area contributed by atoms with E-state index in [2.05, 4.69) is 4.72 Å². The van der Waals surface area contributed by atoms with Gasteiger partial charge in [-0.15, -0.1) is 11.3 Å². The van der Waals surface area contributed by atoms with E-state index in [0.29, 0.717) is 17.9 Å². The first-order chi connectivity index (χ1) is 8.44. The van der Waals surface area contributed by atoms with Crippen molar-refractivity contribution in [1.82, 2.24) is 4.72 Å². The SMILES string of the molecule is Cc1cc(S(=O)(=O)NC2CCOC2C)sc1CO. The third-order valence-corrected chi connectivity index (χ3v) is 6.27. The molecule has 5 nitrogen and oxygen atoms in total. The Kier molecular flexibility index (Phi) is 4.08. The standard InChI is InChI=1S/C11H17NO4S2/c1-7-5-11(17-10(7)6-13)18(14,15)12-9-3-4-16-8(9)2/h5,8-9,12-13H,3-4,6H2,1-2H3. The van der Waals surface area contributed by atoms with E-state index in [0.717, 1.165) is 16.9 Å². The fraction of sp³-hybridized carbons (Fsp3) is 0.636. The lowest BCUT2D eigenvalue weighted by molar-refractivity contribution is 0.117. The summed E-state index contributed by atoms with van der Waals surface area (Å²) < 4.78 is 32.6. The number of hydrogen-bond acceptors (Lipinski definition) is 5. The highest BCUT2D eigenvalue weighted by molar-refractivity contribution is 7.91. The normalized spacial score (nSPS) is 24.6. The van der Waals surface area contributed by atoms with Gasteiger partial charge in [-0.25, -0.2) is 13.1 Å². The quantitative estimate of drug-likeness (QED) is 0.868. The molecular formula is C11H17NO4S2. The zero-order valence-corrected chi connectivity index (χ0v) is 12.0. The van der Waals surface area contributed by atoms with Gasteiger partial charge in [0.25, 0.3) is 0 Å². The molecule has 0 bridgehead atoms. The fourth-order valence-electron chi connectivity index (χ4n) is 1.92. The van der Waals surface area contributed by atoms with E-state index in [1.54, 1.807) is 13.0 Å². The third kappa shape index (κ3) is 2.75. The summed E-state index contributed by atoms with van der Waals surface area (Å²) in [7, 11) is -3.51. The molecule has 0 spiro atoms. The third-order valence-electron chi connectivity index (χ3n) is 3.09. The van der Waals surface area contributed by atoms with Crippen LogP contribution in [0, 0.1) is 6.92 Å². The van der Waals surface area contributed by atoms with Gasteiger partial charge in [0.1, 0.15) is 4.21 Å². The molecule has 102 valence electrons. The Morgan fingerprint density at radius 2 is 2.33 bits per heavy atom. The van der Waals surface area contributed by atoms with Crippen LogP contribution >= 0.6 is 11.3 Å². The summed E-state index contributed by atoms with van der Waals surface area (Å²) in [6.07, 6.45) is 0.593. The summed E-state index contributed by atoms with van der Waals surface area (Å²) in [5.41, 5.74) is 0.804. The van der Waals surface area contributed by atoms with Gasteiger partial charge in [-0.2, -0.15) is 0 Å². The smallest absolute Gasteiger partial charge is 0.250 e. The highest BCUT2D eigenvalue weighted by Gasteiger charge is 2.30. The molecule has 1 fully saturated rings. The summed E-state index contributed by atoms with van der Waals surface area (Å²) in [6, 6.07) is 1.42. The van der Waals surface area contributed by atoms with Crippen LogP contribution in [-0.4, -0.2) is 32.3 Å². The predicted molar refractivity (Wildman–Crippen MR) is 69.1 cm³/mol. The lowest BCUT2D eigenvalue weighted by Crippen LogP contribution is -2.38. The first-order valence-corrected chi connectivity index (χ1v) is 8.08. The van der Waals surface area contributed by atoms with Gasteiger partial charge < -0.3 is 9.84 Å². The zero-order chi connectivity index (χ0) is 13.3. The van der Waals surface area contributed by atoms with Gasteiger partial charge >= 0.3 is 0 Å². The molecule has 2 unspecified atom stereocenters. The Balaban J connectivity index is 2.19. The topological polar surface area (TPSA) is 75.6 Å². The first-order valence-electron chi connectivity index (χ1n) is 5.78. The van der Waals surface area contributed by atoms with Crippen LogP contribution in [0.5, 0.6) is 0 Å². The lowest BCUT2D eigenvalue weighted by Gasteiger charge is -2.15. The number of aryl methyl sites for hydroxylation is 1. The summed E-state index contributed by atoms with van der Waals surface area (Å²) in [6.45, 7) is 4.11. The molecule has 2 heterocycles. The van der Waals surface area contributed by atoms with E-state index in [1.807, 2.05) is 6.92 Å². The second kappa shape index (κ2) is 5.26. The molecule has 2 rings (SSSR count). The summed E-state index contributed by atoms with van der Waals surface area (Å²) in [4.78, 5) is 0.686. The number of nitrogens with one attached hydrogen (secondary N) is 1. The number of rotatable bonds is 4. The van der Waals surface area contributed by atoms with Gasteiger partial charge in [0, 0.05) is 11.5 Å². The van der Waals surface area contributed by atoms with Crippen molar-refractivity contribution in [2.24, 2.45) is 0 Å². The van der Waals surface area contributed by atoms with Gasteiger partial charge in [0.05, 0.1) is 18.8 Å². The van der Waals surface area contributed by atoms with Crippen molar-refractivity contribution < 1.29 is 18.3 Å². The molecule has 0 radical (unpaired) electrons. The molecule has 1 aromatic rings. The Morgan fingerprint density at radius 3 is 2.83 bits per heavy atom. The molecule has 0 aromatic carbocycles. The van der Waals surface area contributed by atoms with Gasteiger partial charge in [-0.3, -0.25) is 0 Å². The van der Waals surface area contributed by atoms with Crippen molar-refractivity contribution in [2.75, 3.05) is 6.61 Å². The molecule has 0 aliphatic carbocycles. The predicted octanol–water partition coefficient (Wildman–Crippen LogP) is 1.00. The number of thiophene rings is 1. The largest absolute Gasteiger partial charge is 0.391 e. The number of aliphatic hydroxyl groups is 1. The molecule has 2 N–H and O–H groups in total. The van der Waals surface area contributed by atoms with Crippen molar-refractivity contribution in [3.05, 3.63) is 16.5 Å². The van der Waals surface area contributed by atoms with E-state index in [4.69, 9.17) is 9.84 Å². The minimum atomic E-state index is -3.51. The summed E-state index contributed by atoms with van der Waals surface area (Å²) in [5, 5.41) is 9.10. The Hall–Kier alpha value is -0.470. The van der Waals surface area contributed by atoms with E-state index in [1.165, 1.54) is 0 Å². The molecule has 1 aromatic heterocycles. The van der Waals surface area contributed by atoms with Gasteiger partial charge in [-0.05, 0) is 31.9 Å². The van der Waals surface area contributed by atoms with Crippen LogP contribution in [-0.2, 0) is 21.4 Å². The van der Waals surface area contributed by atoms with E-state index in [9.17, 15) is 8.42 Å². The molecule has 18 heavy (non-hydrogen) atoms. The lowest BCUT2D eigenvalue weighted by atomic mass is 10.2. The Morgan fingerprint density at radius 1 is 1.61 bits per heavy atom. The highest BCUT2D eigenvalue weighted by Crippen LogP contribution is 2.27. The number of ether oxygens (including phenoxy) is 1. The molecule has 1 aliphatic heterocycles. The van der Waals surface area contributed by atoms with Crippen molar-refractivity contribution in [3.63, 3.8) is 0 Å². The van der Waals surface area contributed by atoms with Crippen molar-refractivity contribution >= 4 is 21.4 Å². The van der Waals surface area contributed by atoms with E-state index < -0.39 is 10.0 Å². The molecule has 7 heteroatoms. The van der Waals surface area contributed by atoms with Gasteiger partial charge in [0.2, 0.25) is 10.0 Å². The Bertz CT molecular complexity index is 523. The molecule has 2 atom stereocenters. The van der Waals surface area contributed by atoms with Crippen molar-refractivity contribution in [3.8, 4) is 0 Å². The Labute approximate surface area is 111 Å². The van der Waals surface area contributed by atoms with Crippen molar-refractivity contribution in [1.29, 1.82) is 0 Å². The maximum absolute atomic E-state index is 12.2. The summed E-state index contributed by atoms with van der Waals surface area (Å²) >= 11 is 1.11. The first kappa shape index (κ1) is 14.0. The second-order valence-electron chi connectivity index (χ2n) is 4.42. The molecule has 0 saturated carbocycles. The number of hydrogen-bond donors (Lipinski definition) is 2. The minimum Gasteiger partial charge on any atom is -0.391 e. The van der Waals surface area contributed by atoms with Crippen LogP contribution in [0.3, 0.4) is 0 Å².